The smallest absolute Gasteiger partial charge is 0.353 e. The van der Waals surface area contributed by atoms with Crippen molar-refractivity contribution in [3.05, 3.63) is 64.9 Å². The van der Waals surface area contributed by atoms with Gasteiger partial charge in [0.15, 0.2) is 0 Å². The van der Waals surface area contributed by atoms with E-state index in [0.717, 1.165) is 0 Å². The Bertz CT molecular complexity index is 1130. The van der Waals surface area contributed by atoms with Gasteiger partial charge in [-0.3, -0.25) is 10.1 Å². The molecule has 12 heteroatoms. The van der Waals surface area contributed by atoms with Gasteiger partial charge in [-0.05, 0) is 36.4 Å². The summed E-state index contributed by atoms with van der Waals surface area (Å²) in [5, 5.41) is 17.4. The van der Waals surface area contributed by atoms with Crippen molar-refractivity contribution in [2.24, 2.45) is 0 Å². The molecule has 0 aliphatic rings. The van der Waals surface area contributed by atoms with Crippen LogP contribution in [-0.2, 0) is 16.6 Å². The van der Waals surface area contributed by atoms with Crippen LogP contribution >= 0.6 is 0 Å². The van der Waals surface area contributed by atoms with Crippen LogP contribution in [0.4, 0.5) is 23.0 Å². The lowest BCUT2D eigenvalue weighted by molar-refractivity contribution is -0.383. The molecule has 2 N–H and O–H groups in total. The summed E-state index contributed by atoms with van der Waals surface area (Å²) in [6.45, 7) is 4.47. The molecule has 2 heterocycles. The van der Waals surface area contributed by atoms with E-state index in [0.29, 0.717) is 24.5 Å². The highest BCUT2D eigenvalue weighted by atomic mass is 32.2. The Morgan fingerprint density at radius 1 is 1.10 bits per heavy atom. The van der Waals surface area contributed by atoms with Crippen LogP contribution in [0, 0.1) is 10.1 Å². The fourth-order valence-electron chi connectivity index (χ4n) is 2.92. The lowest BCUT2D eigenvalue weighted by Gasteiger charge is -2.18. The second-order valence-electron chi connectivity index (χ2n) is 6.35. The molecule has 2 aromatic heterocycles. The number of aromatic nitrogens is 2. The number of nitro groups is 1. The summed E-state index contributed by atoms with van der Waals surface area (Å²) in [4.78, 5) is 19.1. The second kappa shape index (κ2) is 9.53. The molecule has 0 spiro atoms. The third-order valence-electron chi connectivity index (χ3n) is 4.48. The van der Waals surface area contributed by atoms with Crippen LogP contribution in [0.2, 0.25) is 0 Å². The average molecular weight is 446 g/mol. The molecule has 31 heavy (non-hydrogen) atoms. The number of hydrogen-bond acceptors (Lipinski definition) is 9. The van der Waals surface area contributed by atoms with Crippen molar-refractivity contribution in [3.8, 4) is 0 Å². The number of nitrogens with one attached hydrogen (secondary N) is 2. The van der Waals surface area contributed by atoms with E-state index in [1.165, 1.54) is 41.2 Å². The SMILES string of the molecule is CCN(CC)S(=O)(=O)c1ccc(Nc2ncnc(NCc3ccco3)c2[N+](=O)[O-])cc1. The third kappa shape index (κ3) is 4.98. The summed E-state index contributed by atoms with van der Waals surface area (Å²) >= 11 is 0. The molecule has 0 unspecified atom stereocenters. The van der Waals surface area contributed by atoms with E-state index in [-0.39, 0.29) is 28.8 Å². The van der Waals surface area contributed by atoms with Crippen LogP contribution in [0.5, 0.6) is 0 Å². The molecular formula is C19H22N6O5S. The molecule has 11 nitrogen and oxygen atoms in total. The van der Waals surface area contributed by atoms with E-state index in [9.17, 15) is 18.5 Å². The van der Waals surface area contributed by atoms with Crippen molar-refractivity contribution in [3.63, 3.8) is 0 Å². The Hall–Kier alpha value is -3.51. The standard InChI is InChI=1S/C19H22N6O5S/c1-3-24(4-2)31(28,29)16-9-7-14(8-10-16)23-19-17(25(26)27)18(21-13-22-19)20-12-15-6-5-11-30-15/h5-11,13H,3-4,12H2,1-2H3,(H2,20,21,22,23). The Kier molecular flexibility index (Phi) is 6.82. The van der Waals surface area contributed by atoms with Crippen LogP contribution in [0.1, 0.15) is 19.6 Å². The molecule has 0 saturated carbocycles. The molecule has 3 rings (SSSR count). The van der Waals surface area contributed by atoms with Crippen molar-refractivity contribution < 1.29 is 17.8 Å². The largest absolute Gasteiger partial charge is 0.467 e. The zero-order valence-electron chi connectivity index (χ0n) is 17.0. The van der Waals surface area contributed by atoms with E-state index in [1.54, 1.807) is 26.0 Å². The van der Waals surface area contributed by atoms with Gasteiger partial charge in [0.05, 0.1) is 22.6 Å². The highest BCUT2D eigenvalue weighted by Gasteiger charge is 2.24. The number of furan rings is 1. The van der Waals surface area contributed by atoms with Gasteiger partial charge < -0.3 is 15.1 Å². The minimum atomic E-state index is -3.60. The van der Waals surface area contributed by atoms with Gasteiger partial charge in [-0.1, -0.05) is 13.8 Å². The lowest BCUT2D eigenvalue weighted by atomic mass is 10.3. The van der Waals surface area contributed by atoms with Gasteiger partial charge in [-0.15, -0.1) is 0 Å². The minimum absolute atomic E-state index is 0.0266. The van der Waals surface area contributed by atoms with Crippen LogP contribution in [-0.4, -0.2) is 40.7 Å². The molecule has 0 aliphatic carbocycles. The molecule has 164 valence electrons. The van der Waals surface area contributed by atoms with Crippen molar-refractivity contribution in [2.45, 2.75) is 25.3 Å². The highest BCUT2D eigenvalue weighted by Crippen LogP contribution is 2.31. The first-order chi connectivity index (χ1) is 14.9. The van der Waals surface area contributed by atoms with Crippen LogP contribution in [0.15, 0.2) is 58.3 Å². The minimum Gasteiger partial charge on any atom is -0.467 e. The summed E-state index contributed by atoms with van der Waals surface area (Å²) in [7, 11) is -3.60. The van der Waals surface area contributed by atoms with Crippen LogP contribution in [0.25, 0.3) is 0 Å². The summed E-state index contributed by atoms with van der Waals surface area (Å²) in [5.74, 6) is 0.591. The number of hydrogen-bond donors (Lipinski definition) is 2. The summed E-state index contributed by atoms with van der Waals surface area (Å²) in [6.07, 6.45) is 2.70. The molecule has 0 radical (unpaired) electrons. The van der Waals surface area contributed by atoms with Gasteiger partial charge in [0.2, 0.25) is 21.7 Å². The predicted octanol–water partition coefficient (Wildman–Crippen LogP) is 3.36. The van der Waals surface area contributed by atoms with E-state index < -0.39 is 14.9 Å². The summed E-state index contributed by atoms with van der Waals surface area (Å²) in [6, 6.07) is 9.38. The summed E-state index contributed by atoms with van der Waals surface area (Å²) in [5.41, 5.74) is 0.103. The lowest BCUT2D eigenvalue weighted by Crippen LogP contribution is -2.30. The first kappa shape index (κ1) is 22.2. The highest BCUT2D eigenvalue weighted by molar-refractivity contribution is 7.89. The van der Waals surface area contributed by atoms with Crippen molar-refractivity contribution in [1.82, 2.24) is 14.3 Å². The third-order valence-corrected chi connectivity index (χ3v) is 6.54. The zero-order valence-corrected chi connectivity index (χ0v) is 17.8. The van der Waals surface area contributed by atoms with Crippen molar-refractivity contribution in [1.29, 1.82) is 0 Å². The monoisotopic (exact) mass is 446 g/mol. The van der Waals surface area contributed by atoms with E-state index >= 15 is 0 Å². The topological polar surface area (TPSA) is 144 Å². The number of benzene rings is 1. The van der Waals surface area contributed by atoms with Gasteiger partial charge in [0.25, 0.3) is 0 Å². The van der Waals surface area contributed by atoms with Gasteiger partial charge in [-0.25, -0.2) is 18.4 Å². The maximum Gasteiger partial charge on any atom is 0.353 e. The van der Waals surface area contributed by atoms with E-state index in [4.69, 9.17) is 4.42 Å². The Morgan fingerprint density at radius 3 is 2.35 bits per heavy atom. The van der Waals surface area contributed by atoms with Gasteiger partial charge >= 0.3 is 5.69 Å². The van der Waals surface area contributed by atoms with Gasteiger partial charge in [-0.2, -0.15) is 4.31 Å². The Labute approximate surface area is 179 Å². The maximum absolute atomic E-state index is 12.6. The molecule has 3 aromatic rings. The molecule has 0 saturated heterocycles. The van der Waals surface area contributed by atoms with Crippen LogP contribution in [0.3, 0.4) is 0 Å². The summed E-state index contributed by atoms with van der Waals surface area (Å²) < 4.78 is 31.8. The number of anilines is 3. The fraction of sp³-hybridized carbons (Fsp3) is 0.263. The zero-order chi connectivity index (χ0) is 22.4. The molecule has 1 aromatic carbocycles. The predicted molar refractivity (Wildman–Crippen MR) is 115 cm³/mol. The molecule has 0 atom stereocenters. The number of sulfonamides is 1. The molecule has 0 bridgehead atoms. The number of rotatable bonds is 10. The first-order valence-corrected chi connectivity index (χ1v) is 10.9. The maximum atomic E-state index is 12.6. The number of nitrogens with zero attached hydrogens (tertiary/aromatic N) is 4. The Morgan fingerprint density at radius 2 is 1.77 bits per heavy atom. The molecule has 0 fully saturated rings. The fourth-order valence-corrected chi connectivity index (χ4v) is 4.37. The normalized spacial score (nSPS) is 11.5. The molecular weight excluding hydrogens is 424 g/mol. The molecule has 0 amide bonds. The quantitative estimate of drug-likeness (QED) is 0.354. The van der Waals surface area contributed by atoms with Gasteiger partial charge in [0, 0.05) is 18.8 Å². The average Bonchev–Trinajstić information content (AvgIpc) is 3.27. The molecule has 0 aliphatic heterocycles. The van der Waals surface area contributed by atoms with E-state index in [1.807, 2.05) is 0 Å². The van der Waals surface area contributed by atoms with Gasteiger partial charge in [0.1, 0.15) is 12.1 Å². The second-order valence-corrected chi connectivity index (χ2v) is 8.29. The van der Waals surface area contributed by atoms with Crippen molar-refractivity contribution >= 4 is 33.0 Å². The van der Waals surface area contributed by atoms with E-state index in [2.05, 4.69) is 20.6 Å². The van der Waals surface area contributed by atoms with Crippen molar-refractivity contribution in [2.75, 3.05) is 23.7 Å². The first-order valence-electron chi connectivity index (χ1n) is 9.49. The Balaban J connectivity index is 1.83. The van der Waals surface area contributed by atoms with Crippen LogP contribution < -0.4 is 10.6 Å².